The summed E-state index contributed by atoms with van der Waals surface area (Å²) in [5.74, 6) is 0.725. The van der Waals surface area contributed by atoms with E-state index in [1.54, 1.807) is 6.20 Å². The molecule has 2 aromatic carbocycles. The first-order chi connectivity index (χ1) is 13.6. The third-order valence-corrected chi connectivity index (χ3v) is 4.84. The number of hydrogen-bond acceptors (Lipinski definition) is 4. The molecule has 0 aliphatic rings. The highest BCUT2D eigenvalue weighted by Crippen LogP contribution is 2.27. The number of pyridine rings is 1. The van der Waals surface area contributed by atoms with Gasteiger partial charge in [-0.3, -0.25) is 4.98 Å². The van der Waals surface area contributed by atoms with Gasteiger partial charge in [-0.15, -0.1) is 0 Å². The van der Waals surface area contributed by atoms with E-state index >= 15 is 0 Å². The van der Waals surface area contributed by atoms with Gasteiger partial charge in [0.25, 0.3) is 0 Å². The van der Waals surface area contributed by atoms with Crippen LogP contribution in [-0.2, 0) is 6.42 Å². The molecule has 0 spiro atoms. The molecule has 4 heteroatoms. The summed E-state index contributed by atoms with van der Waals surface area (Å²) in [6.07, 6.45) is 4.09. The molecule has 3 aromatic rings. The van der Waals surface area contributed by atoms with Gasteiger partial charge in [-0.2, -0.15) is 5.26 Å². The number of aliphatic hydroxyl groups excluding tert-OH is 1. The minimum Gasteiger partial charge on any atom is -0.488 e. The van der Waals surface area contributed by atoms with Crippen LogP contribution >= 0.6 is 0 Å². The maximum atomic E-state index is 10.4. The Morgan fingerprint density at radius 2 is 1.93 bits per heavy atom. The van der Waals surface area contributed by atoms with Crippen LogP contribution < -0.4 is 4.74 Å². The van der Waals surface area contributed by atoms with Crippen LogP contribution in [0.4, 0.5) is 0 Å². The van der Waals surface area contributed by atoms with Crippen molar-refractivity contribution in [3.63, 3.8) is 0 Å². The van der Waals surface area contributed by atoms with Crippen molar-refractivity contribution in [1.29, 1.82) is 5.26 Å². The molecule has 0 aliphatic heterocycles. The van der Waals surface area contributed by atoms with E-state index in [2.05, 4.69) is 11.1 Å². The Hall–Kier alpha value is -3.16. The van der Waals surface area contributed by atoms with Crippen LogP contribution in [-0.4, -0.2) is 22.3 Å². The molecule has 3 rings (SSSR count). The van der Waals surface area contributed by atoms with E-state index in [0.717, 1.165) is 34.4 Å². The Labute approximate surface area is 166 Å². The average molecular weight is 372 g/mol. The summed E-state index contributed by atoms with van der Waals surface area (Å²) in [4.78, 5) is 4.10. The molecule has 4 nitrogen and oxygen atoms in total. The lowest BCUT2D eigenvalue weighted by molar-refractivity contribution is 0.0420. The van der Waals surface area contributed by atoms with E-state index in [1.807, 2.05) is 74.6 Å². The predicted octanol–water partition coefficient (Wildman–Crippen LogP) is 4.69. The van der Waals surface area contributed by atoms with Crippen LogP contribution in [0.15, 0.2) is 67.0 Å². The number of rotatable bonds is 7. The second kappa shape index (κ2) is 9.16. The zero-order valence-electron chi connectivity index (χ0n) is 16.2. The highest BCUT2D eigenvalue weighted by Gasteiger charge is 2.16. The Morgan fingerprint density at radius 3 is 2.57 bits per heavy atom. The fourth-order valence-corrected chi connectivity index (χ4v) is 3.16. The number of benzene rings is 2. The summed E-state index contributed by atoms with van der Waals surface area (Å²) in [5.41, 5.74) is 4.99. The van der Waals surface area contributed by atoms with Gasteiger partial charge in [-0.25, -0.2) is 0 Å². The van der Waals surface area contributed by atoms with Gasteiger partial charge in [0.05, 0.1) is 17.7 Å². The van der Waals surface area contributed by atoms with Gasteiger partial charge in [-0.05, 0) is 79.3 Å². The number of aromatic nitrogens is 1. The Balaban J connectivity index is 1.59. The molecule has 0 radical (unpaired) electrons. The SMILES string of the molecule is Cc1cc(C#N)ccc1-c1ccc(O[C@@H](C)[C@H](O)CCc2cccnc2)cc1. The predicted molar refractivity (Wildman–Crippen MR) is 110 cm³/mol. The van der Waals surface area contributed by atoms with Crippen molar-refractivity contribution < 1.29 is 9.84 Å². The van der Waals surface area contributed by atoms with Gasteiger partial charge < -0.3 is 9.84 Å². The molecule has 0 amide bonds. The Kier molecular flexibility index (Phi) is 6.41. The standard InChI is InChI=1S/C24H24N2O2/c1-17-14-20(15-25)5-11-23(17)21-7-9-22(10-8-21)28-18(2)24(27)12-6-19-4-3-13-26-16-19/h3-5,7-11,13-14,16,18,24,27H,6,12H2,1-2H3/t18-,24+/m0/s1. The fraction of sp³-hybridized carbons (Fsp3) is 0.250. The van der Waals surface area contributed by atoms with Gasteiger partial charge in [0.2, 0.25) is 0 Å². The molecular weight excluding hydrogens is 348 g/mol. The molecule has 0 saturated heterocycles. The Morgan fingerprint density at radius 1 is 1.14 bits per heavy atom. The lowest BCUT2D eigenvalue weighted by Crippen LogP contribution is -2.29. The number of aliphatic hydroxyl groups is 1. The number of hydrogen-bond donors (Lipinski definition) is 1. The second-order valence-corrected chi connectivity index (χ2v) is 6.96. The van der Waals surface area contributed by atoms with Gasteiger partial charge in [0.1, 0.15) is 11.9 Å². The summed E-state index contributed by atoms with van der Waals surface area (Å²) in [6.45, 7) is 3.88. The van der Waals surface area contributed by atoms with Crippen molar-refractivity contribution in [2.45, 2.75) is 38.9 Å². The van der Waals surface area contributed by atoms with Crippen molar-refractivity contribution in [3.8, 4) is 22.9 Å². The summed E-state index contributed by atoms with van der Waals surface area (Å²) in [5, 5.41) is 19.4. The highest BCUT2D eigenvalue weighted by atomic mass is 16.5. The summed E-state index contributed by atoms with van der Waals surface area (Å²) < 4.78 is 5.91. The van der Waals surface area contributed by atoms with Crippen LogP contribution in [0.1, 0.15) is 30.0 Å². The zero-order chi connectivity index (χ0) is 19.9. The van der Waals surface area contributed by atoms with Crippen LogP contribution in [0.3, 0.4) is 0 Å². The van der Waals surface area contributed by atoms with Crippen LogP contribution in [0, 0.1) is 18.3 Å². The summed E-state index contributed by atoms with van der Waals surface area (Å²) in [7, 11) is 0. The summed E-state index contributed by atoms with van der Waals surface area (Å²) in [6, 6.07) is 19.6. The van der Waals surface area contributed by atoms with Crippen molar-refractivity contribution in [2.75, 3.05) is 0 Å². The van der Waals surface area contributed by atoms with Gasteiger partial charge in [0.15, 0.2) is 0 Å². The first kappa shape index (κ1) is 19.6. The number of nitrogens with zero attached hydrogens (tertiary/aromatic N) is 2. The van der Waals surface area contributed by atoms with Gasteiger partial charge >= 0.3 is 0 Å². The van der Waals surface area contributed by atoms with E-state index < -0.39 is 6.10 Å². The molecule has 0 bridgehead atoms. The smallest absolute Gasteiger partial charge is 0.122 e. The third-order valence-electron chi connectivity index (χ3n) is 4.84. The number of ether oxygens (including phenoxy) is 1. The third kappa shape index (κ3) is 4.97. The monoisotopic (exact) mass is 372 g/mol. The minimum atomic E-state index is -0.555. The minimum absolute atomic E-state index is 0.306. The van der Waals surface area contributed by atoms with E-state index in [9.17, 15) is 5.11 Å². The van der Waals surface area contributed by atoms with E-state index in [-0.39, 0.29) is 6.10 Å². The zero-order valence-corrected chi connectivity index (χ0v) is 16.2. The fourth-order valence-electron chi connectivity index (χ4n) is 3.16. The lowest BCUT2D eigenvalue weighted by atomic mass is 9.99. The maximum Gasteiger partial charge on any atom is 0.122 e. The molecule has 28 heavy (non-hydrogen) atoms. The highest BCUT2D eigenvalue weighted by molar-refractivity contribution is 5.68. The molecule has 1 heterocycles. The molecule has 1 aromatic heterocycles. The molecule has 0 aliphatic carbocycles. The molecule has 0 saturated carbocycles. The van der Waals surface area contributed by atoms with Crippen molar-refractivity contribution >= 4 is 0 Å². The van der Waals surface area contributed by atoms with E-state index in [0.29, 0.717) is 12.0 Å². The first-order valence-electron chi connectivity index (χ1n) is 9.41. The topological polar surface area (TPSA) is 66.1 Å². The molecule has 0 fully saturated rings. The number of aryl methyl sites for hydroxylation is 2. The number of nitriles is 1. The van der Waals surface area contributed by atoms with Crippen molar-refractivity contribution in [2.24, 2.45) is 0 Å². The molecular formula is C24H24N2O2. The Bertz CT molecular complexity index is 947. The van der Waals surface area contributed by atoms with Gasteiger partial charge in [-0.1, -0.05) is 24.3 Å². The van der Waals surface area contributed by atoms with E-state index in [1.165, 1.54) is 0 Å². The molecule has 1 N–H and O–H groups in total. The van der Waals surface area contributed by atoms with Crippen LogP contribution in [0.5, 0.6) is 5.75 Å². The quantitative estimate of drug-likeness (QED) is 0.653. The first-order valence-corrected chi connectivity index (χ1v) is 9.41. The summed E-state index contributed by atoms with van der Waals surface area (Å²) >= 11 is 0. The lowest BCUT2D eigenvalue weighted by Gasteiger charge is -2.21. The van der Waals surface area contributed by atoms with E-state index in [4.69, 9.17) is 10.00 Å². The van der Waals surface area contributed by atoms with Gasteiger partial charge in [0, 0.05) is 12.4 Å². The molecule has 142 valence electrons. The second-order valence-electron chi connectivity index (χ2n) is 6.96. The molecule has 0 unspecified atom stereocenters. The van der Waals surface area contributed by atoms with Crippen LogP contribution in [0.2, 0.25) is 0 Å². The van der Waals surface area contributed by atoms with Crippen LogP contribution in [0.25, 0.3) is 11.1 Å². The maximum absolute atomic E-state index is 10.4. The van der Waals surface area contributed by atoms with Crippen molar-refractivity contribution in [1.82, 2.24) is 4.98 Å². The van der Waals surface area contributed by atoms with Crippen molar-refractivity contribution in [3.05, 3.63) is 83.7 Å². The average Bonchev–Trinajstić information content (AvgIpc) is 2.73. The molecule has 2 atom stereocenters. The largest absolute Gasteiger partial charge is 0.488 e. The normalized spacial score (nSPS) is 12.8.